The van der Waals surface area contributed by atoms with Crippen molar-refractivity contribution in [1.82, 2.24) is 4.98 Å². The molecule has 2 rings (SSSR count). The average Bonchev–Trinajstić information content (AvgIpc) is 2.55. The molecular formula is C15H15F3N2O2. The molecule has 1 unspecified atom stereocenters. The van der Waals surface area contributed by atoms with E-state index < -0.39 is 18.8 Å². The van der Waals surface area contributed by atoms with Crippen LogP contribution in [0.4, 0.5) is 13.2 Å². The zero-order chi connectivity index (χ0) is 16.2. The van der Waals surface area contributed by atoms with Crippen LogP contribution in [-0.4, -0.2) is 29.5 Å². The van der Waals surface area contributed by atoms with Crippen LogP contribution < -0.4 is 10.5 Å². The zero-order valence-corrected chi connectivity index (χ0v) is 11.5. The van der Waals surface area contributed by atoms with Gasteiger partial charge in [-0.3, -0.25) is 0 Å². The molecule has 0 saturated carbocycles. The van der Waals surface area contributed by atoms with Crippen molar-refractivity contribution in [2.75, 3.05) is 13.3 Å². The van der Waals surface area contributed by atoms with Gasteiger partial charge in [0.1, 0.15) is 0 Å². The summed E-state index contributed by atoms with van der Waals surface area (Å²) in [6.45, 7) is -2.07. The zero-order valence-electron chi connectivity index (χ0n) is 11.5. The molecule has 22 heavy (non-hydrogen) atoms. The summed E-state index contributed by atoms with van der Waals surface area (Å²) < 4.78 is 41.6. The lowest BCUT2D eigenvalue weighted by atomic mass is 10.0. The molecule has 2 aromatic rings. The van der Waals surface area contributed by atoms with Crippen molar-refractivity contribution in [2.24, 2.45) is 5.73 Å². The van der Waals surface area contributed by atoms with E-state index in [-0.39, 0.29) is 12.5 Å². The monoisotopic (exact) mass is 312 g/mol. The van der Waals surface area contributed by atoms with Crippen LogP contribution in [0.1, 0.15) is 11.6 Å². The number of aliphatic hydroxyl groups excluding tert-OH is 1. The first kappa shape index (κ1) is 16.3. The predicted molar refractivity (Wildman–Crippen MR) is 75.2 cm³/mol. The van der Waals surface area contributed by atoms with E-state index in [2.05, 4.69) is 9.72 Å². The van der Waals surface area contributed by atoms with Gasteiger partial charge in [0.25, 0.3) is 0 Å². The second-order valence-corrected chi connectivity index (χ2v) is 4.67. The van der Waals surface area contributed by atoms with Gasteiger partial charge >= 0.3 is 6.11 Å². The molecule has 1 aromatic carbocycles. The van der Waals surface area contributed by atoms with Crippen molar-refractivity contribution >= 4 is 0 Å². The first-order valence-corrected chi connectivity index (χ1v) is 6.51. The van der Waals surface area contributed by atoms with Crippen LogP contribution in [0.3, 0.4) is 0 Å². The van der Waals surface area contributed by atoms with Gasteiger partial charge in [-0.2, -0.15) is 8.78 Å². The van der Waals surface area contributed by atoms with Crippen molar-refractivity contribution in [2.45, 2.75) is 12.2 Å². The fourth-order valence-corrected chi connectivity index (χ4v) is 1.82. The number of aromatic nitrogens is 1. The van der Waals surface area contributed by atoms with Crippen LogP contribution in [0.2, 0.25) is 0 Å². The van der Waals surface area contributed by atoms with Gasteiger partial charge in [0, 0.05) is 17.8 Å². The van der Waals surface area contributed by atoms with E-state index in [0.717, 1.165) is 11.1 Å². The molecule has 0 aliphatic rings. The maximum Gasteiger partial charge on any atom is 0.428 e. The topological polar surface area (TPSA) is 68.4 Å². The molecule has 0 bridgehead atoms. The van der Waals surface area contributed by atoms with Crippen molar-refractivity contribution in [3.8, 4) is 17.0 Å². The van der Waals surface area contributed by atoms with E-state index in [1.165, 1.54) is 18.3 Å². The molecule has 0 spiro atoms. The minimum atomic E-state index is -3.88. The second-order valence-electron chi connectivity index (χ2n) is 4.67. The Morgan fingerprint density at radius 3 is 2.27 bits per heavy atom. The number of nitrogens with two attached hydrogens (primary N) is 1. The minimum Gasteiger partial charge on any atom is -0.413 e. The van der Waals surface area contributed by atoms with Gasteiger partial charge in [-0.15, -0.1) is 0 Å². The molecule has 0 aliphatic carbocycles. The Labute approximate surface area is 125 Å². The number of ether oxygens (including phenoxy) is 1. The van der Waals surface area contributed by atoms with Crippen LogP contribution in [0.15, 0.2) is 42.6 Å². The van der Waals surface area contributed by atoms with Gasteiger partial charge in [-0.1, -0.05) is 24.3 Å². The number of aliphatic hydroxyl groups is 1. The van der Waals surface area contributed by atoms with E-state index in [9.17, 15) is 13.2 Å². The van der Waals surface area contributed by atoms with E-state index >= 15 is 0 Å². The minimum absolute atomic E-state index is 0.157. The Balaban J connectivity index is 2.13. The fraction of sp³-hybridized carbons (Fsp3) is 0.267. The number of rotatable bonds is 6. The van der Waals surface area contributed by atoms with E-state index in [1.54, 1.807) is 24.3 Å². The van der Waals surface area contributed by atoms with Gasteiger partial charge in [0.2, 0.25) is 5.88 Å². The summed E-state index contributed by atoms with van der Waals surface area (Å²) >= 11 is 0. The maximum absolute atomic E-state index is 12.7. The summed E-state index contributed by atoms with van der Waals surface area (Å²) in [6, 6.07) is 9.41. The van der Waals surface area contributed by atoms with Crippen LogP contribution in [-0.2, 0) is 0 Å². The summed E-state index contributed by atoms with van der Waals surface area (Å²) in [5, 5.41) is 8.98. The summed E-state index contributed by atoms with van der Waals surface area (Å²) in [5.74, 6) is -0.356. The molecule has 4 nitrogen and oxygen atoms in total. The lowest BCUT2D eigenvalue weighted by Gasteiger charge is -2.13. The molecule has 0 amide bonds. The Morgan fingerprint density at radius 2 is 1.77 bits per heavy atom. The highest BCUT2D eigenvalue weighted by atomic mass is 19.3. The van der Waals surface area contributed by atoms with Gasteiger partial charge in [-0.25, -0.2) is 9.37 Å². The Morgan fingerprint density at radius 1 is 1.14 bits per heavy atom. The summed E-state index contributed by atoms with van der Waals surface area (Å²) in [5.41, 5.74) is 7.95. The molecule has 0 radical (unpaired) electrons. The fourth-order valence-electron chi connectivity index (χ4n) is 1.82. The molecule has 3 N–H and O–H groups in total. The average molecular weight is 312 g/mol. The number of alkyl halides is 3. The number of pyridine rings is 1. The predicted octanol–water partition coefficient (Wildman–Crippen LogP) is 2.68. The van der Waals surface area contributed by atoms with Gasteiger partial charge in [0.05, 0.1) is 12.6 Å². The van der Waals surface area contributed by atoms with Crippen LogP contribution in [0, 0.1) is 0 Å². The lowest BCUT2D eigenvalue weighted by molar-refractivity contribution is -0.188. The van der Waals surface area contributed by atoms with E-state index in [4.69, 9.17) is 10.8 Å². The third-order valence-corrected chi connectivity index (χ3v) is 3.01. The SMILES string of the molecule is NC(CO)c1ccc(-c2ccc(OC(F)(F)CF)nc2)cc1. The normalized spacial score (nSPS) is 13.0. The first-order chi connectivity index (χ1) is 10.4. The molecule has 118 valence electrons. The molecule has 1 heterocycles. The number of hydrogen-bond acceptors (Lipinski definition) is 4. The summed E-state index contributed by atoms with van der Waals surface area (Å²) in [4.78, 5) is 3.73. The number of benzene rings is 1. The Hall–Kier alpha value is -2.12. The highest BCUT2D eigenvalue weighted by Crippen LogP contribution is 2.24. The van der Waals surface area contributed by atoms with Crippen molar-refractivity contribution in [1.29, 1.82) is 0 Å². The number of nitrogens with zero attached hydrogens (tertiary/aromatic N) is 1. The standard InChI is InChI=1S/C15H15F3N2O2/c16-9-15(17,18)22-14-6-5-12(7-20-14)10-1-3-11(4-2-10)13(19)8-21/h1-7,13,21H,8-9,19H2. The largest absolute Gasteiger partial charge is 0.428 e. The second kappa shape index (κ2) is 6.76. The van der Waals surface area contributed by atoms with E-state index in [0.29, 0.717) is 5.56 Å². The highest BCUT2D eigenvalue weighted by Gasteiger charge is 2.32. The molecule has 0 aliphatic heterocycles. The van der Waals surface area contributed by atoms with Crippen molar-refractivity contribution < 1.29 is 23.0 Å². The summed E-state index contributed by atoms with van der Waals surface area (Å²) in [7, 11) is 0. The molecule has 7 heteroatoms. The van der Waals surface area contributed by atoms with Crippen LogP contribution in [0.25, 0.3) is 11.1 Å². The van der Waals surface area contributed by atoms with E-state index in [1.807, 2.05) is 0 Å². The molecule has 0 saturated heterocycles. The maximum atomic E-state index is 12.7. The Bertz CT molecular complexity index is 603. The van der Waals surface area contributed by atoms with Crippen molar-refractivity contribution in [3.63, 3.8) is 0 Å². The molecule has 0 fully saturated rings. The smallest absolute Gasteiger partial charge is 0.413 e. The third kappa shape index (κ3) is 3.96. The molecular weight excluding hydrogens is 297 g/mol. The molecule has 1 aromatic heterocycles. The Kier molecular flexibility index (Phi) is 4.99. The van der Waals surface area contributed by atoms with Crippen LogP contribution in [0.5, 0.6) is 5.88 Å². The van der Waals surface area contributed by atoms with Crippen molar-refractivity contribution in [3.05, 3.63) is 48.2 Å². The number of halogens is 3. The number of hydrogen-bond donors (Lipinski definition) is 2. The lowest BCUT2D eigenvalue weighted by Crippen LogP contribution is -2.27. The summed E-state index contributed by atoms with van der Waals surface area (Å²) in [6.07, 6.45) is -2.53. The van der Waals surface area contributed by atoms with Gasteiger partial charge in [0.15, 0.2) is 6.67 Å². The van der Waals surface area contributed by atoms with Gasteiger partial charge in [-0.05, 0) is 17.2 Å². The quantitative estimate of drug-likeness (QED) is 0.860. The van der Waals surface area contributed by atoms with Crippen LogP contribution >= 0.6 is 0 Å². The van der Waals surface area contributed by atoms with Gasteiger partial charge < -0.3 is 15.6 Å². The molecule has 1 atom stereocenters. The highest BCUT2D eigenvalue weighted by molar-refractivity contribution is 5.63. The third-order valence-electron chi connectivity index (χ3n) is 3.01. The first-order valence-electron chi connectivity index (χ1n) is 6.51.